The van der Waals surface area contributed by atoms with Crippen LogP contribution in [0.5, 0.6) is 11.5 Å². The zero-order chi connectivity index (χ0) is 13.8. The second-order valence-corrected chi connectivity index (χ2v) is 4.63. The summed E-state index contributed by atoms with van der Waals surface area (Å²) in [5.74, 6) is 0.718. The summed E-state index contributed by atoms with van der Waals surface area (Å²) < 4.78 is 5.06. The minimum atomic E-state index is -0.0386. The quantitative estimate of drug-likeness (QED) is 0.850. The highest BCUT2D eigenvalue weighted by Crippen LogP contribution is 2.30. The minimum Gasteiger partial charge on any atom is -0.506 e. The number of halogens is 2. The van der Waals surface area contributed by atoms with Gasteiger partial charge in [0, 0.05) is 16.8 Å². The van der Waals surface area contributed by atoms with Crippen molar-refractivity contribution in [3.63, 3.8) is 0 Å². The summed E-state index contributed by atoms with van der Waals surface area (Å²) in [6.07, 6.45) is 1.51. The van der Waals surface area contributed by atoms with Crippen LogP contribution in [0.2, 0.25) is 10.0 Å². The summed E-state index contributed by atoms with van der Waals surface area (Å²) in [5, 5.41) is 10.4. The number of aromatic hydroxyl groups is 1. The van der Waals surface area contributed by atoms with Crippen LogP contribution in [0.4, 0.5) is 5.69 Å². The lowest BCUT2D eigenvalue weighted by atomic mass is 10.2. The van der Waals surface area contributed by atoms with Crippen LogP contribution < -0.4 is 4.74 Å². The molecule has 0 aliphatic heterocycles. The molecule has 19 heavy (non-hydrogen) atoms. The first-order valence-electron chi connectivity index (χ1n) is 5.46. The third-order valence-corrected chi connectivity index (χ3v) is 2.99. The van der Waals surface area contributed by atoms with Gasteiger partial charge in [-0.05, 0) is 36.4 Å². The number of aliphatic imine (C=N–C) groups is 1. The van der Waals surface area contributed by atoms with E-state index >= 15 is 0 Å². The van der Waals surface area contributed by atoms with E-state index in [1.165, 1.54) is 12.3 Å². The highest BCUT2D eigenvalue weighted by atomic mass is 35.5. The molecule has 0 saturated carbocycles. The van der Waals surface area contributed by atoms with Crippen molar-refractivity contribution in [3.8, 4) is 11.5 Å². The van der Waals surface area contributed by atoms with Gasteiger partial charge in [0.15, 0.2) is 0 Å². The van der Waals surface area contributed by atoms with Gasteiger partial charge in [0.25, 0.3) is 0 Å². The number of ether oxygens (including phenoxy) is 1. The molecule has 0 heterocycles. The van der Waals surface area contributed by atoms with Crippen LogP contribution in [-0.2, 0) is 0 Å². The van der Waals surface area contributed by atoms with Gasteiger partial charge in [-0.15, -0.1) is 0 Å². The van der Waals surface area contributed by atoms with Crippen molar-refractivity contribution in [2.24, 2.45) is 4.99 Å². The predicted molar refractivity (Wildman–Crippen MR) is 78.4 cm³/mol. The van der Waals surface area contributed by atoms with Crippen LogP contribution in [0.15, 0.2) is 41.4 Å². The van der Waals surface area contributed by atoms with Gasteiger partial charge in [-0.1, -0.05) is 23.2 Å². The Morgan fingerprint density at radius 3 is 2.47 bits per heavy atom. The maximum Gasteiger partial charge on any atom is 0.143 e. The largest absolute Gasteiger partial charge is 0.506 e. The molecule has 2 rings (SSSR count). The Balaban J connectivity index is 2.27. The Kier molecular flexibility index (Phi) is 4.30. The molecule has 0 aliphatic rings. The summed E-state index contributed by atoms with van der Waals surface area (Å²) in [7, 11) is 1.60. The molecule has 0 saturated heterocycles. The van der Waals surface area contributed by atoms with E-state index in [0.717, 1.165) is 11.4 Å². The molecule has 0 spiro atoms. The Bertz CT molecular complexity index is 610. The number of benzene rings is 2. The molecule has 2 aromatic carbocycles. The molecule has 0 aromatic heterocycles. The van der Waals surface area contributed by atoms with E-state index in [1.807, 2.05) is 0 Å². The van der Waals surface area contributed by atoms with Crippen LogP contribution in [0.1, 0.15) is 5.56 Å². The van der Waals surface area contributed by atoms with Gasteiger partial charge < -0.3 is 9.84 Å². The monoisotopic (exact) mass is 295 g/mol. The maximum atomic E-state index is 9.78. The first-order valence-corrected chi connectivity index (χ1v) is 6.22. The standard InChI is InChI=1S/C14H11Cl2NO2/c1-19-12-4-2-11(3-5-12)17-8-9-6-10(15)7-13(16)14(9)18/h2-8,18H,1H3. The second-order valence-electron chi connectivity index (χ2n) is 3.78. The Morgan fingerprint density at radius 2 is 1.84 bits per heavy atom. The molecule has 98 valence electrons. The molecule has 0 bridgehead atoms. The van der Waals surface area contributed by atoms with Crippen molar-refractivity contribution in [2.75, 3.05) is 7.11 Å². The number of nitrogens with zero attached hydrogens (tertiary/aromatic N) is 1. The van der Waals surface area contributed by atoms with Gasteiger partial charge in [-0.2, -0.15) is 0 Å². The van der Waals surface area contributed by atoms with Crippen LogP contribution in [0.3, 0.4) is 0 Å². The van der Waals surface area contributed by atoms with Gasteiger partial charge >= 0.3 is 0 Å². The lowest BCUT2D eigenvalue weighted by Gasteiger charge is -2.02. The number of hydrogen-bond donors (Lipinski definition) is 1. The van der Waals surface area contributed by atoms with Crippen LogP contribution >= 0.6 is 23.2 Å². The molecule has 5 heteroatoms. The first kappa shape index (κ1) is 13.7. The summed E-state index contributed by atoms with van der Waals surface area (Å²) in [5.41, 5.74) is 1.20. The fraction of sp³-hybridized carbons (Fsp3) is 0.0714. The van der Waals surface area contributed by atoms with Gasteiger partial charge in [0.2, 0.25) is 0 Å². The van der Waals surface area contributed by atoms with Crippen molar-refractivity contribution >= 4 is 35.1 Å². The topological polar surface area (TPSA) is 41.8 Å². The zero-order valence-electron chi connectivity index (χ0n) is 10.1. The van der Waals surface area contributed by atoms with Crippen LogP contribution in [0.25, 0.3) is 0 Å². The Labute approximate surface area is 121 Å². The van der Waals surface area contributed by atoms with Gasteiger partial charge in [0.05, 0.1) is 17.8 Å². The summed E-state index contributed by atoms with van der Waals surface area (Å²) in [6.45, 7) is 0. The van der Waals surface area contributed by atoms with Crippen LogP contribution in [0, 0.1) is 0 Å². The van der Waals surface area contributed by atoms with Crippen molar-refractivity contribution < 1.29 is 9.84 Å². The molecule has 0 fully saturated rings. The summed E-state index contributed by atoms with van der Waals surface area (Å²) >= 11 is 11.7. The van der Waals surface area contributed by atoms with Crippen molar-refractivity contribution in [1.82, 2.24) is 0 Å². The SMILES string of the molecule is COc1ccc(N=Cc2cc(Cl)cc(Cl)c2O)cc1. The van der Waals surface area contributed by atoms with E-state index in [-0.39, 0.29) is 10.8 Å². The molecule has 0 radical (unpaired) electrons. The van der Waals surface area contributed by atoms with E-state index in [2.05, 4.69) is 4.99 Å². The molecule has 2 aromatic rings. The van der Waals surface area contributed by atoms with Gasteiger partial charge in [-0.3, -0.25) is 4.99 Å². The third-order valence-electron chi connectivity index (χ3n) is 2.48. The highest BCUT2D eigenvalue weighted by molar-refractivity contribution is 6.36. The smallest absolute Gasteiger partial charge is 0.143 e. The number of phenolic OH excluding ortho intramolecular Hbond substituents is 1. The highest BCUT2D eigenvalue weighted by Gasteiger charge is 2.05. The Hall–Kier alpha value is -1.71. The van der Waals surface area contributed by atoms with E-state index in [4.69, 9.17) is 27.9 Å². The Morgan fingerprint density at radius 1 is 1.16 bits per heavy atom. The number of phenols is 1. The van der Waals surface area contributed by atoms with E-state index < -0.39 is 0 Å². The molecular weight excluding hydrogens is 285 g/mol. The molecule has 0 amide bonds. The molecule has 3 nitrogen and oxygen atoms in total. The third kappa shape index (κ3) is 3.40. The lowest BCUT2D eigenvalue weighted by molar-refractivity contribution is 0.415. The summed E-state index contributed by atoms with van der Waals surface area (Å²) in [4.78, 5) is 4.24. The van der Waals surface area contributed by atoms with E-state index in [0.29, 0.717) is 10.6 Å². The minimum absolute atomic E-state index is 0.0386. The van der Waals surface area contributed by atoms with E-state index in [1.54, 1.807) is 37.4 Å². The number of hydrogen-bond acceptors (Lipinski definition) is 3. The van der Waals surface area contributed by atoms with Crippen molar-refractivity contribution in [1.29, 1.82) is 0 Å². The molecule has 1 N–H and O–H groups in total. The first-order chi connectivity index (χ1) is 9.10. The van der Waals surface area contributed by atoms with Crippen molar-refractivity contribution in [3.05, 3.63) is 52.0 Å². The maximum absolute atomic E-state index is 9.78. The molecule has 0 unspecified atom stereocenters. The van der Waals surface area contributed by atoms with Gasteiger partial charge in [0.1, 0.15) is 11.5 Å². The molecule has 0 aliphatic carbocycles. The van der Waals surface area contributed by atoms with Gasteiger partial charge in [-0.25, -0.2) is 0 Å². The van der Waals surface area contributed by atoms with E-state index in [9.17, 15) is 5.11 Å². The predicted octanol–water partition coefficient (Wildman–Crippen LogP) is 4.46. The zero-order valence-corrected chi connectivity index (χ0v) is 11.6. The average molecular weight is 296 g/mol. The second kappa shape index (κ2) is 5.95. The average Bonchev–Trinajstić information content (AvgIpc) is 2.41. The fourth-order valence-electron chi connectivity index (χ4n) is 1.50. The number of rotatable bonds is 3. The lowest BCUT2D eigenvalue weighted by Crippen LogP contribution is -1.84. The molecule has 0 atom stereocenters. The van der Waals surface area contributed by atoms with Crippen molar-refractivity contribution in [2.45, 2.75) is 0 Å². The normalized spacial score (nSPS) is 10.9. The molecular formula is C14H11Cl2NO2. The van der Waals surface area contributed by atoms with Crippen LogP contribution in [-0.4, -0.2) is 18.4 Å². The fourth-order valence-corrected chi connectivity index (χ4v) is 2.01. The summed E-state index contributed by atoms with van der Waals surface area (Å²) in [6, 6.07) is 10.3. The number of methoxy groups -OCH3 is 1.